The molecule has 0 radical (unpaired) electrons. The molecule has 0 aromatic carbocycles. The van der Waals surface area contributed by atoms with E-state index in [1.807, 2.05) is 0 Å². The van der Waals surface area contributed by atoms with Crippen molar-refractivity contribution in [3.8, 4) is 0 Å². The van der Waals surface area contributed by atoms with Crippen LogP contribution >= 0.6 is 0 Å². The highest BCUT2D eigenvalue weighted by Crippen LogP contribution is 2.17. The molecule has 0 bridgehead atoms. The van der Waals surface area contributed by atoms with E-state index in [2.05, 4.69) is 30.4 Å². The Kier molecular flexibility index (Phi) is 2.11. The molecule has 0 saturated carbocycles. The summed E-state index contributed by atoms with van der Waals surface area (Å²) >= 11 is 0. The molecular formula is C9H9N7O. The van der Waals surface area contributed by atoms with E-state index >= 15 is 0 Å². The Hall–Kier alpha value is -2.64. The van der Waals surface area contributed by atoms with Crippen LogP contribution in [0, 0.1) is 0 Å². The monoisotopic (exact) mass is 231 g/mol. The highest BCUT2D eigenvalue weighted by atomic mass is 16.5. The lowest BCUT2D eigenvalue weighted by atomic mass is 10.4. The van der Waals surface area contributed by atoms with Gasteiger partial charge in [-0.3, -0.25) is 0 Å². The summed E-state index contributed by atoms with van der Waals surface area (Å²) in [5, 5.41) is 6.69. The minimum absolute atomic E-state index is 0.171. The van der Waals surface area contributed by atoms with Crippen LogP contribution in [0.2, 0.25) is 0 Å². The van der Waals surface area contributed by atoms with Gasteiger partial charge in [-0.15, -0.1) is 0 Å². The number of imidazole rings is 1. The van der Waals surface area contributed by atoms with E-state index in [1.165, 1.54) is 0 Å². The number of H-pyrrole nitrogens is 1. The van der Waals surface area contributed by atoms with Crippen molar-refractivity contribution in [1.29, 1.82) is 0 Å². The summed E-state index contributed by atoms with van der Waals surface area (Å²) in [5.74, 6) is 1.46. The van der Waals surface area contributed by atoms with Gasteiger partial charge in [0, 0.05) is 6.07 Å². The van der Waals surface area contributed by atoms with Crippen molar-refractivity contribution in [3.63, 3.8) is 0 Å². The molecule has 0 aliphatic heterocycles. The quantitative estimate of drug-likeness (QED) is 0.601. The fourth-order valence-electron chi connectivity index (χ4n) is 1.48. The SMILES string of the molecule is Nc1nc(NCc2ccno2)c2[nH]cnc2n1. The van der Waals surface area contributed by atoms with Crippen LogP contribution in [0.15, 0.2) is 23.1 Å². The third kappa shape index (κ3) is 1.75. The van der Waals surface area contributed by atoms with Gasteiger partial charge in [0.15, 0.2) is 17.2 Å². The second kappa shape index (κ2) is 3.74. The van der Waals surface area contributed by atoms with Gasteiger partial charge in [-0.25, -0.2) is 4.98 Å². The van der Waals surface area contributed by atoms with Crippen molar-refractivity contribution in [2.24, 2.45) is 0 Å². The molecule has 17 heavy (non-hydrogen) atoms. The number of hydrogen-bond donors (Lipinski definition) is 3. The second-order valence-electron chi connectivity index (χ2n) is 3.36. The molecule has 0 fully saturated rings. The van der Waals surface area contributed by atoms with Crippen LogP contribution < -0.4 is 11.1 Å². The number of nitrogens with one attached hydrogen (secondary N) is 2. The van der Waals surface area contributed by atoms with Crippen LogP contribution in [-0.2, 0) is 6.54 Å². The Morgan fingerprint density at radius 2 is 2.35 bits per heavy atom. The summed E-state index contributed by atoms with van der Waals surface area (Å²) in [7, 11) is 0. The molecule has 0 atom stereocenters. The van der Waals surface area contributed by atoms with Crippen molar-refractivity contribution >= 4 is 22.9 Å². The van der Waals surface area contributed by atoms with E-state index in [9.17, 15) is 0 Å². The maximum absolute atomic E-state index is 5.58. The predicted octanol–water partition coefficient (Wildman–Crippen LogP) is 0.535. The molecule has 0 unspecified atom stereocenters. The van der Waals surface area contributed by atoms with Gasteiger partial charge in [-0.2, -0.15) is 9.97 Å². The van der Waals surface area contributed by atoms with Crippen molar-refractivity contribution < 1.29 is 4.52 Å². The van der Waals surface area contributed by atoms with Crippen LogP contribution in [0.25, 0.3) is 11.2 Å². The molecule has 3 aromatic heterocycles. The van der Waals surface area contributed by atoms with E-state index in [0.29, 0.717) is 29.3 Å². The van der Waals surface area contributed by atoms with E-state index < -0.39 is 0 Å². The van der Waals surface area contributed by atoms with E-state index in [0.717, 1.165) is 0 Å². The summed E-state index contributed by atoms with van der Waals surface area (Å²) in [6, 6.07) is 1.77. The van der Waals surface area contributed by atoms with Gasteiger partial charge in [0.1, 0.15) is 5.52 Å². The summed E-state index contributed by atoms with van der Waals surface area (Å²) in [6.45, 7) is 0.463. The largest absolute Gasteiger partial charge is 0.368 e. The number of nitrogens with two attached hydrogens (primary N) is 1. The first kappa shape index (κ1) is 9.58. The summed E-state index contributed by atoms with van der Waals surface area (Å²) in [6.07, 6.45) is 3.12. The van der Waals surface area contributed by atoms with E-state index in [4.69, 9.17) is 10.3 Å². The molecular weight excluding hydrogens is 222 g/mol. The number of nitrogens with zero attached hydrogens (tertiary/aromatic N) is 4. The van der Waals surface area contributed by atoms with E-state index in [-0.39, 0.29) is 5.95 Å². The van der Waals surface area contributed by atoms with Crippen LogP contribution in [-0.4, -0.2) is 25.1 Å². The zero-order chi connectivity index (χ0) is 11.7. The average Bonchev–Trinajstić information content (AvgIpc) is 2.95. The lowest BCUT2D eigenvalue weighted by Crippen LogP contribution is -2.04. The molecule has 86 valence electrons. The Labute approximate surface area is 95.3 Å². The first-order valence-corrected chi connectivity index (χ1v) is 4.93. The van der Waals surface area contributed by atoms with Crippen LogP contribution in [0.5, 0.6) is 0 Å². The molecule has 0 aliphatic rings. The number of anilines is 2. The third-order valence-electron chi connectivity index (χ3n) is 2.22. The van der Waals surface area contributed by atoms with Crippen LogP contribution in [0.3, 0.4) is 0 Å². The molecule has 0 amide bonds. The van der Waals surface area contributed by atoms with Gasteiger partial charge in [-0.1, -0.05) is 5.16 Å². The van der Waals surface area contributed by atoms with Gasteiger partial charge in [-0.05, 0) is 0 Å². The number of nitrogen functional groups attached to an aromatic ring is 1. The molecule has 3 heterocycles. The Bertz CT molecular complexity index is 630. The minimum Gasteiger partial charge on any atom is -0.368 e. The second-order valence-corrected chi connectivity index (χ2v) is 3.36. The number of hydrogen-bond acceptors (Lipinski definition) is 7. The summed E-state index contributed by atoms with van der Waals surface area (Å²) in [4.78, 5) is 15.1. The van der Waals surface area contributed by atoms with Crippen molar-refractivity contribution in [2.75, 3.05) is 11.1 Å². The normalized spacial score (nSPS) is 10.8. The van der Waals surface area contributed by atoms with Crippen molar-refractivity contribution in [1.82, 2.24) is 25.1 Å². The van der Waals surface area contributed by atoms with Gasteiger partial charge in [0.2, 0.25) is 5.95 Å². The third-order valence-corrected chi connectivity index (χ3v) is 2.22. The van der Waals surface area contributed by atoms with Crippen molar-refractivity contribution in [2.45, 2.75) is 6.54 Å². The summed E-state index contributed by atoms with van der Waals surface area (Å²) in [5.41, 5.74) is 6.81. The van der Waals surface area contributed by atoms with Crippen LogP contribution in [0.4, 0.5) is 11.8 Å². The fraction of sp³-hybridized carbons (Fsp3) is 0.111. The highest BCUT2D eigenvalue weighted by Gasteiger charge is 2.08. The Morgan fingerprint density at radius 3 is 3.18 bits per heavy atom. The minimum atomic E-state index is 0.171. The topological polar surface area (TPSA) is 119 Å². The highest BCUT2D eigenvalue weighted by molar-refractivity contribution is 5.83. The molecule has 4 N–H and O–H groups in total. The van der Waals surface area contributed by atoms with Crippen molar-refractivity contribution in [3.05, 3.63) is 24.4 Å². The Balaban J connectivity index is 1.91. The lowest BCUT2D eigenvalue weighted by molar-refractivity contribution is 0.388. The molecule has 3 rings (SSSR count). The maximum atomic E-state index is 5.58. The average molecular weight is 231 g/mol. The molecule has 0 aliphatic carbocycles. The maximum Gasteiger partial charge on any atom is 0.224 e. The summed E-state index contributed by atoms with van der Waals surface area (Å²) < 4.78 is 4.97. The van der Waals surface area contributed by atoms with Gasteiger partial charge in [0.05, 0.1) is 19.1 Å². The van der Waals surface area contributed by atoms with Gasteiger partial charge in [0.25, 0.3) is 0 Å². The first-order chi connectivity index (χ1) is 8.33. The first-order valence-electron chi connectivity index (χ1n) is 4.93. The molecule has 0 saturated heterocycles. The Morgan fingerprint density at radius 1 is 1.41 bits per heavy atom. The standard InChI is InChI=1S/C9H9N7O/c10-9-15-7(6-8(16-9)13-4-12-6)11-3-5-1-2-14-17-5/h1-2,4H,3H2,(H4,10,11,12,13,15,16). The fourth-order valence-corrected chi connectivity index (χ4v) is 1.48. The van der Waals surface area contributed by atoms with Crippen LogP contribution in [0.1, 0.15) is 5.76 Å². The van der Waals surface area contributed by atoms with E-state index in [1.54, 1.807) is 18.6 Å². The number of rotatable bonds is 3. The van der Waals surface area contributed by atoms with Gasteiger partial charge < -0.3 is 20.6 Å². The zero-order valence-corrected chi connectivity index (χ0v) is 8.71. The molecule has 3 aromatic rings. The number of aromatic amines is 1. The van der Waals surface area contributed by atoms with Gasteiger partial charge >= 0.3 is 0 Å². The lowest BCUT2D eigenvalue weighted by Gasteiger charge is -2.04. The smallest absolute Gasteiger partial charge is 0.224 e. The molecule has 0 spiro atoms. The molecule has 8 nitrogen and oxygen atoms in total. The predicted molar refractivity (Wildman–Crippen MR) is 59.9 cm³/mol. The number of aromatic nitrogens is 5. The number of fused-ring (bicyclic) bond motifs is 1. The molecule has 8 heteroatoms. The zero-order valence-electron chi connectivity index (χ0n) is 8.71.